The zero-order valence-corrected chi connectivity index (χ0v) is 13.7. The first-order valence-electron chi connectivity index (χ1n) is 8.16. The number of rotatable bonds is 3. The Bertz CT molecular complexity index is 481. The minimum absolute atomic E-state index is 0.341. The van der Waals surface area contributed by atoms with E-state index in [1.165, 1.54) is 12.8 Å². The van der Waals surface area contributed by atoms with Gasteiger partial charge in [-0.25, -0.2) is 9.97 Å². The van der Waals surface area contributed by atoms with Gasteiger partial charge in [-0.1, -0.05) is 0 Å². The zero-order valence-electron chi connectivity index (χ0n) is 13.7. The fourth-order valence-electron chi connectivity index (χ4n) is 3.59. The van der Waals surface area contributed by atoms with E-state index in [4.69, 9.17) is 9.47 Å². The lowest BCUT2D eigenvalue weighted by Gasteiger charge is -2.43. The molecule has 0 radical (unpaired) electrons. The first kappa shape index (κ1) is 15.5. The number of morpholine rings is 1. The van der Waals surface area contributed by atoms with E-state index in [-0.39, 0.29) is 0 Å². The van der Waals surface area contributed by atoms with Gasteiger partial charge in [-0.2, -0.15) is 0 Å². The molecule has 2 fully saturated rings. The van der Waals surface area contributed by atoms with Crippen molar-refractivity contribution in [1.82, 2.24) is 14.9 Å². The first-order chi connectivity index (χ1) is 10.7. The van der Waals surface area contributed by atoms with E-state index in [1.54, 1.807) is 13.4 Å². The van der Waals surface area contributed by atoms with E-state index in [1.807, 2.05) is 6.07 Å². The third kappa shape index (κ3) is 3.50. The van der Waals surface area contributed by atoms with Crippen molar-refractivity contribution < 1.29 is 9.47 Å². The second-order valence-corrected chi connectivity index (χ2v) is 6.35. The van der Waals surface area contributed by atoms with E-state index in [0.717, 1.165) is 32.0 Å². The highest BCUT2D eigenvalue weighted by molar-refractivity contribution is 5.41. The molecular formula is C16H26N4O2. The molecule has 2 saturated heterocycles. The van der Waals surface area contributed by atoms with Crippen molar-refractivity contribution in [1.29, 1.82) is 0 Å². The number of ether oxygens (including phenoxy) is 2. The van der Waals surface area contributed by atoms with E-state index >= 15 is 0 Å². The molecule has 0 amide bonds. The topological polar surface area (TPSA) is 50.7 Å². The molecule has 0 spiro atoms. The Labute approximate surface area is 132 Å². The molecule has 0 aliphatic carbocycles. The molecule has 122 valence electrons. The summed E-state index contributed by atoms with van der Waals surface area (Å²) in [7, 11) is 1.64. The van der Waals surface area contributed by atoms with E-state index in [9.17, 15) is 0 Å². The number of hydrogen-bond donors (Lipinski definition) is 0. The van der Waals surface area contributed by atoms with Crippen LogP contribution in [0, 0.1) is 0 Å². The minimum Gasteiger partial charge on any atom is -0.481 e. The van der Waals surface area contributed by atoms with Crippen molar-refractivity contribution in [3.8, 4) is 5.88 Å². The fourth-order valence-corrected chi connectivity index (χ4v) is 3.59. The van der Waals surface area contributed by atoms with Gasteiger partial charge >= 0.3 is 0 Å². The number of nitrogens with zero attached hydrogens (tertiary/aromatic N) is 4. The Kier molecular flexibility index (Phi) is 4.78. The molecule has 0 aromatic carbocycles. The van der Waals surface area contributed by atoms with Crippen molar-refractivity contribution in [3.63, 3.8) is 0 Å². The molecule has 2 atom stereocenters. The van der Waals surface area contributed by atoms with Gasteiger partial charge in [0.05, 0.1) is 19.3 Å². The maximum absolute atomic E-state index is 5.84. The van der Waals surface area contributed by atoms with Crippen LogP contribution in [-0.4, -0.2) is 66.4 Å². The molecule has 0 N–H and O–H groups in total. The van der Waals surface area contributed by atoms with Crippen LogP contribution in [0.15, 0.2) is 12.4 Å². The normalized spacial score (nSPS) is 27.9. The summed E-state index contributed by atoms with van der Waals surface area (Å²) in [5, 5.41) is 0. The second kappa shape index (κ2) is 6.79. The highest BCUT2D eigenvalue weighted by atomic mass is 16.5. The molecule has 1 aromatic rings. The summed E-state index contributed by atoms with van der Waals surface area (Å²) in [5.41, 5.74) is 0. The van der Waals surface area contributed by atoms with Gasteiger partial charge in [-0.15, -0.1) is 0 Å². The monoisotopic (exact) mass is 306 g/mol. The average molecular weight is 306 g/mol. The van der Waals surface area contributed by atoms with E-state index in [2.05, 4.69) is 33.6 Å². The number of aromatic nitrogens is 2. The van der Waals surface area contributed by atoms with Crippen LogP contribution in [0.2, 0.25) is 0 Å². The fraction of sp³-hybridized carbons (Fsp3) is 0.750. The molecule has 0 bridgehead atoms. The van der Waals surface area contributed by atoms with Gasteiger partial charge in [0.2, 0.25) is 5.88 Å². The van der Waals surface area contributed by atoms with E-state index < -0.39 is 0 Å². The first-order valence-corrected chi connectivity index (χ1v) is 8.16. The SMILES string of the molecule is COc1cc(N2CCC(N3C[C@@H](C)O[C@@H](C)C3)CC2)ncn1. The van der Waals surface area contributed by atoms with Crippen LogP contribution in [0.25, 0.3) is 0 Å². The maximum Gasteiger partial charge on any atom is 0.218 e. The highest BCUT2D eigenvalue weighted by Crippen LogP contribution is 2.24. The third-order valence-electron chi connectivity index (χ3n) is 4.59. The second-order valence-electron chi connectivity index (χ2n) is 6.35. The zero-order chi connectivity index (χ0) is 15.5. The summed E-state index contributed by atoms with van der Waals surface area (Å²) >= 11 is 0. The van der Waals surface area contributed by atoms with Crippen LogP contribution in [0.4, 0.5) is 5.82 Å². The van der Waals surface area contributed by atoms with E-state index in [0.29, 0.717) is 24.1 Å². The summed E-state index contributed by atoms with van der Waals surface area (Å²) in [6, 6.07) is 2.58. The van der Waals surface area contributed by atoms with Gasteiger partial charge in [-0.05, 0) is 26.7 Å². The summed E-state index contributed by atoms with van der Waals surface area (Å²) in [5.74, 6) is 1.59. The number of methoxy groups -OCH3 is 1. The summed E-state index contributed by atoms with van der Waals surface area (Å²) in [6.07, 6.45) is 4.60. The van der Waals surface area contributed by atoms with Crippen molar-refractivity contribution in [2.75, 3.05) is 38.2 Å². The van der Waals surface area contributed by atoms with Gasteiger partial charge in [0.25, 0.3) is 0 Å². The van der Waals surface area contributed by atoms with Crippen molar-refractivity contribution in [2.45, 2.75) is 44.9 Å². The van der Waals surface area contributed by atoms with Gasteiger partial charge in [-0.3, -0.25) is 4.90 Å². The van der Waals surface area contributed by atoms with Crippen LogP contribution in [-0.2, 0) is 4.74 Å². The van der Waals surface area contributed by atoms with Gasteiger partial charge in [0.15, 0.2) is 0 Å². The number of hydrogen-bond acceptors (Lipinski definition) is 6. The summed E-state index contributed by atoms with van der Waals surface area (Å²) in [4.78, 5) is 13.4. The molecule has 6 nitrogen and oxygen atoms in total. The molecule has 0 saturated carbocycles. The van der Waals surface area contributed by atoms with Gasteiger partial charge in [0, 0.05) is 38.3 Å². The lowest BCUT2D eigenvalue weighted by atomic mass is 10.0. The number of piperidine rings is 1. The quantitative estimate of drug-likeness (QED) is 0.845. The highest BCUT2D eigenvalue weighted by Gasteiger charge is 2.30. The summed E-state index contributed by atoms with van der Waals surface area (Å²) < 4.78 is 11.0. The molecular weight excluding hydrogens is 280 g/mol. The Hall–Kier alpha value is -1.40. The molecule has 2 aliphatic heterocycles. The van der Waals surface area contributed by atoms with Crippen LogP contribution >= 0.6 is 0 Å². The standard InChI is InChI=1S/C16H26N4O2/c1-12-9-20(10-13(2)22-12)14-4-6-19(7-5-14)15-8-16(21-3)18-11-17-15/h8,11-14H,4-7,9-10H2,1-3H3/t12-,13+. The predicted molar refractivity (Wildman–Crippen MR) is 85.4 cm³/mol. The van der Waals surface area contributed by atoms with Crippen LogP contribution in [0.3, 0.4) is 0 Å². The van der Waals surface area contributed by atoms with Gasteiger partial charge in [0.1, 0.15) is 12.1 Å². The largest absolute Gasteiger partial charge is 0.481 e. The maximum atomic E-state index is 5.84. The van der Waals surface area contributed by atoms with Crippen molar-refractivity contribution in [2.24, 2.45) is 0 Å². The molecule has 2 aliphatic rings. The summed E-state index contributed by atoms with van der Waals surface area (Å²) in [6.45, 7) is 8.51. The smallest absolute Gasteiger partial charge is 0.218 e. The predicted octanol–water partition coefficient (Wildman–Crippen LogP) is 1.56. The number of anilines is 1. The minimum atomic E-state index is 0.341. The molecule has 22 heavy (non-hydrogen) atoms. The van der Waals surface area contributed by atoms with Crippen LogP contribution < -0.4 is 9.64 Å². The molecule has 0 unspecified atom stereocenters. The van der Waals surface area contributed by atoms with Crippen LogP contribution in [0.5, 0.6) is 5.88 Å². The van der Waals surface area contributed by atoms with Crippen LogP contribution in [0.1, 0.15) is 26.7 Å². The molecule has 3 rings (SSSR count). The average Bonchev–Trinajstić information content (AvgIpc) is 2.54. The van der Waals surface area contributed by atoms with Crippen molar-refractivity contribution in [3.05, 3.63) is 12.4 Å². The lowest BCUT2D eigenvalue weighted by Crippen LogP contribution is -2.53. The lowest BCUT2D eigenvalue weighted by molar-refractivity contribution is -0.0826. The van der Waals surface area contributed by atoms with Crippen molar-refractivity contribution >= 4 is 5.82 Å². The molecule has 3 heterocycles. The Morgan fingerprint density at radius 1 is 1.14 bits per heavy atom. The van der Waals surface area contributed by atoms with Gasteiger partial charge < -0.3 is 14.4 Å². The Balaban J connectivity index is 1.58. The molecule has 1 aromatic heterocycles. The Morgan fingerprint density at radius 3 is 2.45 bits per heavy atom. The Morgan fingerprint density at radius 2 is 1.82 bits per heavy atom. The third-order valence-corrected chi connectivity index (χ3v) is 4.59. The molecule has 6 heteroatoms.